The van der Waals surface area contributed by atoms with Gasteiger partial charge in [-0.25, -0.2) is 0 Å². The fourth-order valence-electron chi connectivity index (χ4n) is 5.43. The first-order chi connectivity index (χ1) is 9.92. The Bertz CT molecular complexity index is 652. The molecule has 3 N–H and O–H groups in total. The van der Waals surface area contributed by atoms with Crippen LogP contribution in [0.15, 0.2) is 12.1 Å². The third kappa shape index (κ3) is 1.28. The van der Waals surface area contributed by atoms with E-state index in [-0.39, 0.29) is 29.1 Å². The van der Waals surface area contributed by atoms with Gasteiger partial charge in [-0.2, -0.15) is 0 Å². The van der Waals surface area contributed by atoms with Gasteiger partial charge in [0.15, 0.2) is 11.5 Å². The van der Waals surface area contributed by atoms with Gasteiger partial charge in [0.1, 0.15) is 5.78 Å². The van der Waals surface area contributed by atoms with Crippen molar-refractivity contribution in [3.63, 3.8) is 0 Å². The van der Waals surface area contributed by atoms with E-state index in [1.54, 1.807) is 0 Å². The average molecular weight is 288 g/mol. The quantitative estimate of drug-likeness (QED) is 0.638. The zero-order chi connectivity index (χ0) is 15.0. The molecule has 0 aromatic heterocycles. The standard InChI is InChI=1S/C17H20O4/c1-9-12(18)5-7-17(21)11-4-6-16(9,17)14-10(8-11)2-3-13(19)15(14)20/h2-3,9,11,19-21H,4-8H2,1H3/t9?,11-,16-,17-/m1/s1. The summed E-state index contributed by atoms with van der Waals surface area (Å²) in [4.78, 5) is 12.3. The molecule has 4 heteroatoms. The number of hydrogen-bond donors (Lipinski definition) is 3. The third-order valence-corrected chi connectivity index (χ3v) is 6.47. The molecular formula is C17H20O4. The molecule has 4 atom stereocenters. The fraction of sp³-hybridized carbons (Fsp3) is 0.588. The second-order valence-corrected chi connectivity index (χ2v) is 6.99. The molecule has 4 rings (SSSR count). The molecule has 2 fully saturated rings. The molecule has 21 heavy (non-hydrogen) atoms. The van der Waals surface area contributed by atoms with E-state index >= 15 is 0 Å². The Labute approximate surface area is 123 Å². The lowest BCUT2D eigenvalue weighted by atomic mass is 9.51. The number of rotatable bonds is 0. The largest absolute Gasteiger partial charge is 0.504 e. The number of aromatic hydroxyl groups is 2. The van der Waals surface area contributed by atoms with Crippen LogP contribution in [0.1, 0.15) is 43.7 Å². The van der Waals surface area contributed by atoms with Gasteiger partial charge >= 0.3 is 0 Å². The molecule has 1 aromatic rings. The van der Waals surface area contributed by atoms with Crippen molar-refractivity contribution >= 4 is 5.78 Å². The van der Waals surface area contributed by atoms with E-state index < -0.39 is 11.0 Å². The Hall–Kier alpha value is -1.55. The third-order valence-electron chi connectivity index (χ3n) is 6.47. The lowest BCUT2D eigenvalue weighted by Gasteiger charge is -2.55. The number of benzene rings is 1. The number of Topliss-reactive ketones (excluding diaryl/α,β-unsaturated/α-hetero) is 1. The molecule has 2 bridgehead atoms. The summed E-state index contributed by atoms with van der Waals surface area (Å²) in [5, 5.41) is 31.7. The minimum absolute atomic E-state index is 0.143. The van der Waals surface area contributed by atoms with Crippen LogP contribution < -0.4 is 0 Å². The first-order valence-electron chi connectivity index (χ1n) is 7.71. The predicted octanol–water partition coefficient (Wildman–Crippen LogP) is 2.03. The average Bonchev–Trinajstić information content (AvgIpc) is 2.65. The second-order valence-electron chi connectivity index (χ2n) is 6.99. The molecule has 0 heterocycles. The number of phenolic OH excluding ortho intramolecular Hbond substituents is 2. The van der Waals surface area contributed by atoms with Gasteiger partial charge < -0.3 is 15.3 Å². The molecular weight excluding hydrogens is 268 g/mol. The van der Waals surface area contributed by atoms with Crippen molar-refractivity contribution < 1.29 is 20.1 Å². The van der Waals surface area contributed by atoms with Crippen LogP contribution in [0.4, 0.5) is 0 Å². The van der Waals surface area contributed by atoms with Crippen LogP contribution in [0.2, 0.25) is 0 Å². The zero-order valence-corrected chi connectivity index (χ0v) is 12.1. The van der Waals surface area contributed by atoms with Crippen molar-refractivity contribution in [1.29, 1.82) is 0 Å². The van der Waals surface area contributed by atoms with Gasteiger partial charge in [-0.3, -0.25) is 4.79 Å². The Morgan fingerprint density at radius 1 is 1.24 bits per heavy atom. The summed E-state index contributed by atoms with van der Waals surface area (Å²) in [5.41, 5.74) is -0.0690. The Morgan fingerprint density at radius 2 is 2.00 bits per heavy atom. The van der Waals surface area contributed by atoms with Crippen LogP contribution in [-0.4, -0.2) is 26.7 Å². The molecule has 112 valence electrons. The Morgan fingerprint density at radius 3 is 2.76 bits per heavy atom. The van der Waals surface area contributed by atoms with Gasteiger partial charge in [-0.05, 0) is 43.2 Å². The first kappa shape index (κ1) is 13.1. The van der Waals surface area contributed by atoms with Gasteiger partial charge in [0.2, 0.25) is 0 Å². The van der Waals surface area contributed by atoms with Crippen LogP contribution in [0, 0.1) is 11.8 Å². The van der Waals surface area contributed by atoms with E-state index in [9.17, 15) is 20.1 Å². The van der Waals surface area contributed by atoms with Crippen LogP contribution in [0.5, 0.6) is 11.5 Å². The highest BCUT2D eigenvalue weighted by Gasteiger charge is 2.68. The molecule has 4 nitrogen and oxygen atoms in total. The van der Waals surface area contributed by atoms with Gasteiger partial charge in [0.25, 0.3) is 0 Å². The molecule has 0 aliphatic heterocycles. The summed E-state index contributed by atoms with van der Waals surface area (Å²) in [6.45, 7) is 1.87. The van der Waals surface area contributed by atoms with E-state index in [2.05, 4.69) is 0 Å². The minimum atomic E-state index is -0.932. The van der Waals surface area contributed by atoms with Gasteiger partial charge in [-0.1, -0.05) is 13.0 Å². The number of hydrogen-bond acceptors (Lipinski definition) is 4. The molecule has 1 aromatic carbocycles. The van der Waals surface area contributed by atoms with E-state index in [0.29, 0.717) is 31.2 Å². The van der Waals surface area contributed by atoms with Crippen LogP contribution >= 0.6 is 0 Å². The van der Waals surface area contributed by atoms with Crippen LogP contribution in [0.3, 0.4) is 0 Å². The monoisotopic (exact) mass is 288 g/mol. The number of fused-ring (bicyclic) bond motifs is 1. The van der Waals surface area contributed by atoms with E-state index in [1.165, 1.54) is 6.07 Å². The summed E-state index contributed by atoms with van der Waals surface area (Å²) in [6.07, 6.45) is 3.15. The highest BCUT2D eigenvalue weighted by molar-refractivity contribution is 5.85. The smallest absolute Gasteiger partial charge is 0.161 e. The van der Waals surface area contributed by atoms with Crippen molar-refractivity contribution in [3.05, 3.63) is 23.3 Å². The van der Waals surface area contributed by atoms with Crippen LogP contribution in [-0.2, 0) is 16.6 Å². The molecule has 3 aliphatic carbocycles. The van der Waals surface area contributed by atoms with Gasteiger partial charge in [0, 0.05) is 23.3 Å². The van der Waals surface area contributed by atoms with Crippen molar-refractivity contribution in [2.45, 2.75) is 50.0 Å². The first-order valence-corrected chi connectivity index (χ1v) is 7.71. The summed E-state index contributed by atoms with van der Waals surface area (Å²) < 4.78 is 0. The van der Waals surface area contributed by atoms with E-state index in [0.717, 1.165) is 12.0 Å². The van der Waals surface area contributed by atoms with Crippen molar-refractivity contribution in [2.75, 3.05) is 0 Å². The number of carbonyl (C=O) groups is 1. The molecule has 0 saturated heterocycles. The lowest BCUT2D eigenvalue weighted by molar-refractivity contribution is -0.148. The molecule has 3 aliphatic rings. The van der Waals surface area contributed by atoms with E-state index in [4.69, 9.17) is 0 Å². The summed E-state index contributed by atoms with van der Waals surface area (Å²) in [7, 11) is 0. The van der Waals surface area contributed by atoms with Gasteiger partial charge in [-0.15, -0.1) is 0 Å². The number of ketones is 1. The van der Waals surface area contributed by atoms with Crippen molar-refractivity contribution in [3.8, 4) is 11.5 Å². The SMILES string of the molecule is CC1C(=O)CC[C@@]2(O)[C@@H]3CC[C@]12c1c(ccc(O)c1O)C3. The molecule has 0 amide bonds. The van der Waals surface area contributed by atoms with Gasteiger partial charge in [0.05, 0.1) is 5.60 Å². The highest BCUT2D eigenvalue weighted by atomic mass is 16.3. The predicted molar refractivity (Wildman–Crippen MR) is 76.2 cm³/mol. The fourth-order valence-corrected chi connectivity index (χ4v) is 5.43. The Kier molecular flexibility index (Phi) is 2.38. The van der Waals surface area contributed by atoms with Crippen molar-refractivity contribution in [1.82, 2.24) is 0 Å². The number of phenols is 2. The second kappa shape index (κ2) is 3.80. The normalized spacial score (nSPS) is 40.8. The Balaban J connectivity index is 2.06. The zero-order valence-electron chi connectivity index (χ0n) is 12.1. The van der Waals surface area contributed by atoms with Crippen LogP contribution in [0.25, 0.3) is 0 Å². The molecule has 0 spiro atoms. The molecule has 0 radical (unpaired) electrons. The van der Waals surface area contributed by atoms with E-state index in [1.807, 2.05) is 13.0 Å². The minimum Gasteiger partial charge on any atom is -0.504 e. The van der Waals surface area contributed by atoms with Crippen molar-refractivity contribution in [2.24, 2.45) is 11.8 Å². The topological polar surface area (TPSA) is 77.8 Å². The lowest BCUT2D eigenvalue weighted by Crippen LogP contribution is -2.62. The maximum absolute atomic E-state index is 12.3. The molecule has 1 unspecified atom stereocenters. The molecule has 2 saturated carbocycles. The highest BCUT2D eigenvalue weighted by Crippen LogP contribution is 2.66. The summed E-state index contributed by atoms with van der Waals surface area (Å²) in [5.74, 6) is -0.345. The summed E-state index contributed by atoms with van der Waals surface area (Å²) in [6, 6.07) is 3.33. The maximum atomic E-state index is 12.3. The number of aliphatic hydroxyl groups is 1. The summed E-state index contributed by atoms with van der Waals surface area (Å²) >= 11 is 0. The number of carbonyl (C=O) groups excluding carboxylic acids is 1. The maximum Gasteiger partial charge on any atom is 0.161 e.